The fourth-order valence-corrected chi connectivity index (χ4v) is 3.32. The Morgan fingerprint density at radius 2 is 1.42 bits per heavy atom. The van der Waals surface area contributed by atoms with Crippen LogP contribution in [-0.2, 0) is 23.1 Å². The fourth-order valence-electron chi connectivity index (χ4n) is 2.20. The molecule has 0 N–H and O–H groups in total. The van der Waals surface area contributed by atoms with Gasteiger partial charge in [0.1, 0.15) is 11.5 Å². The van der Waals surface area contributed by atoms with Crippen molar-refractivity contribution in [2.45, 2.75) is 13.1 Å². The second kappa shape index (κ2) is 7.33. The predicted octanol–water partition coefficient (Wildman–Crippen LogP) is 3.88. The monoisotopic (exact) mass is 343 g/mol. The number of benzene rings is 1. The van der Waals surface area contributed by atoms with Gasteiger partial charge >= 0.3 is 0 Å². The number of nitrogens with zero attached hydrogens (tertiary/aromatic N) is 1. The van der Waals surface area contributed by atoms with Gasteiger partial charge in [0.05, 0.1) is 25.6 Å². The first-order chi connectivity index (χ1) is 11.6. The third-order valence-corrected chi connectivity index (χ3v) is 4.87. The first-order valence-electron chi connectivity index (χ1n) is 7.41. The molecule has 2 heterocycles. The lowest BCUT2D eigenvalue weighted by molar-refractivity contribution is 0.334. The molecule has 0 bridgehead atoms. The van der Waals surface area contributed by atoms with Gasteiger partial charge in [0.25, 0.3) is 0 Å². The maximum atomic E-state index is 12.7. The van der Waals surface area contributed by atoms with Gasteiger partial charge in [-0.25, -0.2) is 8.42 Å². The zero-order valence-corrected chi connectivity index (χ0v) is 13.7. The number of hydrogen-bond donors (Lipinski definition) is 0. The van der Waals surface area contributed by atoms with Gasteiger partial charge in [-0.15, -0.1) is 0 Å². The van der Waals surface area contributed by atoms with Crippen LogP contribution in [0.5, 0.6) is 0 Å². The Hall–Kier alpha value is -2.57. The average Bonchev–Trinajstić information content (AvgIpc) is 3.27. The van der Waals surface area contributed by atoms with Crippen LogP contribution in [0.15, 0.2) is 81.4 Å². The highest BCUT2D eigenvalue weighted by molar-refractivity contribution is 7.92. The van der Waals surface area contributed by atoms with Crippen LogP contribution in [0.3, 0.4) is 0 Å². The minimum atomic E-state index is -3.64. The zero-order chi connectivity index (χ0) is 16.8. The van der Waals surface area contributed by atoms with Crippen LogP contribution < -0.4 is 0 Å². The lowest BCUT2D eigenvalue weighted by Crippen LogP contribution is -2.28. The van der Waals surface area contributed by atoms with Crippen LogP contribution in [0.25, 0.3) is 6.08 Å². The van der Waals surface area contributed by atoms with Crippen molar-refractivity contribution in [3.8, 4) is 0 Å². The highest BCUT2D eigenvalue weighted by Gasteiger charge is 2.22. The van der Waals surface area contributed by atoms with Gasteiger partial charge in [0, 0.05) is 5.41 Å². The van der Waals surface area contributed by atoms with Crippen LogP contribution in [0, 0.1) is 0 Å². The Bertz CT molecular complexity index is 830. The maximum absolute atomic E-state index is 12.7. The van der Waals surface area contributed by atoms with Crippen LogP contribution >= 0.6 is 0 Å². The maximum Gasteiger partial charge on any atom is 0.237 e. The van der Waals surface area contributed by atoms with Crippen molar-refractivity contribution in [2.75, 3.05) is 0 Å². The highest BCUT2D eigenvalue weighted by atomic mass is 32.2. The summed E-state index contributed by atoms with van der Waals surface area (Å²) >= 11 is 0. The Labute approximate surface area is 140 Å². The van der Waals surface area contributed by atoms with Gasteiger partial charge in [0.15, 0.2) is 0 Å². The topological polar surface area (TPSA) is 63.7 Å². The molecule has 0 aliphatic carbocycles. The van der Waals surface area contributed by atoms with E-state index in [4.69, 9.17) is 8.83 Å². The van der Waals surface area contributed by atoms with E-state index in [0.29, 0.717) is 11.5 Å². The summed E-state index contributed by atoms with van der Waals surface area (Å²) in [5, 5.41) is 1.20. The van der Waals surface area contributed by atoms with Crippen LogP contribution in [-0.4, -0.2) is 12.7 Å². The van der Waals surface area contributed by atoms with E-state index in [-0.39, 0.29) is 13.1 Å². The Morgan fingerprint density at radius 3 is 1.92 bits per heavy atom. The smallest absolute Gasteiger partial charge is 0.237 e. The number of furan rings is 2. The highest BCUT2D eigenvalue weighted by Crippen LogP contribution is 2.17. The Balaban J connectivity index is 1.83. The third-order valence-electron chi connectivity index (χ3n) is 3.42. The molecule has 6 heteroatoms. The van der Waals surface area contributed by atoms with E-state index in [1.807, 2.05) is 30.3 Å². The van der Waals surface area contributed by atoms with Crippen LogP contribution in [0.1, 0.15) is 17.1 Å². The number of hydrogen-bond acceptors (Lipinski definition) is 4. The molecule has 0 spiro atoms. The summed E-state index contributed by atoms with van der Waals surface area (Å²) in [5.41, 5.74) is 0.817. The first-order valence-corrected chi connectivity index (χ1v) is 8.92. The second-order valence-corrected chi connectivity index (χ2v) is 7.00. The molecule has 0 radical (unpaired) electrons. The second-order valence-electron chi connectivity index (χ2n) is 5.19. The quantitative estimate of drug-likeness (QED) is 0.653. The van der Waals surface area contributed by atoms with E-state index < -0.39 is 10.0 Å². The standard InChI is InChI=1S/C18H17NO4S/c20-24(21,13-10-16-6-2-1-3-7-16)19(14-17-8-4-11-22-17)15-18-9-5-12-23-18/h1-13H,14-15H2/b13-10+. The third kappa shape index (κ3) is 4.24. The number of sulfonamides is 1. The largest absolute Gasteiger partial charge is 0.468 e. The van der Waals surface area contributed by atoms with Crippen LogP contribution in [0.2, 0.25) is 0 Å². The van der Waals surface area contributed by atoms with Crippen molar-refractivity contribution in [1.29, 1.82) is 0 Å². The van der Waals surface area contributed by atoms with Gasteiger partial charge in [-0.2, -0.15) is 4.31 Å². The molecule has 124 valence electrons. The summed E-state index contributed by atoms with van der Waals surface area (Å²) in [5.74, 6) is 1.14. The van der Waals surface area contributed by atoms with Crippen molar-refractivity contribution in [3.63, 3.8) is 0 Å². The molecule has 0 aliphatic rings. The molecule has 0 atom stereocenters. The van der Waals surface area contributed by atoms with Crippen molar-refractivity contribution < 1.29 is 17.3 Å². The normalized spacial score (nSPS) is 12.2. The van der Waals surface area contributed by atoms with E-state index in [0.717, 1.165) is 5.56 Å². The van der Waals surface area contributed by atoms with E-state index in [2.05, 4.69) is 0 Å². The Kier molecular flexibility index (Phi) is 4.98. The molecule has 3 aromatic rings. The summed E-state index contributed by atoms with van der Waals surface area (Å²) in [6, 6.07) is 16.2. The minimum Gasteiger partial charge on any atom is -0.468 e. The van der Waals surface area contributed by atoms with Gasteiger partial charge < -0.3 is 8.83 Å². The van der Waals surface area contributed by atoms with Crippen LogP contribution in [0.4, 0.5) is 0 Å². The van der Waals surface area contributed by atoms with E-state index in [1.54, 1.807) is 30.3 Å². The summed E-state index contributed by atoms with van der Waals surface area (Å²) in [7, 11) is -3.64. The summed E-state index contributed by atoms with van der Waals surface area (Å²) in [4.78, 5) is 0. The zero-order valence-electron chi connectivity index (χ0n) is 12.9. The lowest BCUT2D eigenvalue weighted by Gasteiger charge is -2.18. The molecular weight excluding hydrogens is 326 g/mol. The van der Waals surface area contributed by atoms with Gasteiger partial charge in [0.2, 0.25) is 10.0 Å². The molecule has 0 fully saturated rings. The predicted molar refractivity (Wildman–Crippen MR) is 91.1 cm³/mol. The molecule has 0 saturated carbocycles. The first kappa shape index (κ1) is 16.3. The van der Waals surface area contributed by atoms with Gasteiger partial charge in [-0.1, -0.05) is 30.3 Å². The summed E-state index contributed by atoms with van der Waals surface area (Å²) in [6.45, 7) is 0.268. The molecule has 0 saturated heterocycles. The van der Waals surface area contributed by atoms with E-state index in [9.17, 15) is 8.42 Å². The molecule has 1 aromatic carbocycles. The lowest BCUT2D eigenvalue weighted by atomic mass is 10.2. The van der Waals surface area contributed by atoms with Gasteiger partial charge in [-0.3, -0.25) is 0 Å². The molecular formula is C18H17NO4S. The molecule has 3 rings (SSSR count). The Morgan fingerprint density at radius 1 is 0.833 bits per heavy atom. The summed E-state index contributed by atoms with van der Waals surface area (Å²) in [6.07, 6.45) is 4.62. The molecule has 5 nitrogen and oxygen atoms in total. The molecule has 0 amide bonds. The number of rotatable bonds is 7. The molecule has 0 unspecified atom stereocenters. The van der Waals surface area contributed by atoms with Crippen molar-refractivity contribution >= 4 is 16.1 Å². The fraction of sp³-hybridized carbons (Fsp3) is 0.111. The average molecular weight is 343 g/mol. The van der Waals surface area contributed by atoms with Crippen molar-refractivity contribution in [2.24, 2.45) is 0 Å². The SMILES string of the molecule is O=S(=O)(/C=C/c1ccccc1)N(Cc1ccco1)Cc1ccco1. The van der Waals surface area contributed by atoms with Crippen molar-refractivity contribution in [1.82, 2.24) is 4.31 Å². The van der Waals surface area contributed by atoms with E-state index >= 15 is 0 Å². The molecule has 24 heavy (non-hydrogen) atoms. The molecule has 0 aliphatic heterocycles. The van der Waals surface area contributed by atoms with Crippen molar-refractivity contribution in [3.05, 3.63) is 89.6 Å². The van der Waals surface area contributed by atoms with E-state index in [1.165, 1.54) is 22.2 Å². The van der Waals surface area contributed by atoms with Gasteiger partial charge in [-0.05, 0) is 35.9 Å². The summed E-state index contributed by atoms with van der Waals surface area (Å²) < 4.78 is 37.3. The molecule has 2 aromatic heterocycles. The minimum absolute atomic E-state index is 0.134.